The molecule has 1 aliphatic rings. The molecule has 2 aromatic rings. The molecule has 0 radical (unpaired) electrons. The Bertz CT molecular complexity index is 935. The van der Waals surface area contributed by atoms with E-state index in [-0.39, 0.29) is 59.2 Å². The predicted octanol–water partition coefficient (Wildman–Crippen LogP) is 1.15. The lowest BCUT2D eigenvalue weighted by Crippen LogP contribution is -2.35. The third-order valence-electron chi connectivity index (χ3n) is 4.19. The van der Waals surface area contributed by atoms with Gasteiger partial charge in [-0.05, 0) is 24.8 Å². The Balaban J connectivity index is 0.00000182. The summed E-state index contributed by atoms with van der Waals surface area (Å²) in [5, 5.41) is 2.85. The molecule has 3 rings (SSSR count). The van der Waals surface area contributed by atoms with E-state index in [2.05, 4.69) is 15.3 Å². The normalized spacial score (nSPS) is 13.2. The molecule has 150 valence electrons. The van der Waals surface area contributed by atoms with Crippen LogP contribution in [0.5, 0.6) is 0 Å². The standard InChI is InChI=1S/C17H23N5O3.2ClH/c1-9(2)8-22-14-13(16(24)21-17(22)25)11(15(23)19-6-5-18)7-12(20-14)10-3-4-10;;/h7,9-10H,3-6,8,18H2,1-2H3,(H,19,23)(H,21,24,25);2*1H. The number of amides is 1. The van der Waals surface area contributed by atoms with Gasteiger partial charge in [0.25, 0.3) is 11.5 Å². The van der Waals surface area contributed by atoms with Gasteiger partial charge in [-0.1, -0.05) is 13.8 Å². The fraction of sp³-hybridized carbons (Fsp3) is 0.529. The summed E-state index contributed by atoms with van der Waals surface area (Å²) >= 11 is 0. The second-order valence-electron chi connectivity index (χ2n) is 6.88. The number of aromatic amines is 1. The first kappa shape index (κ1) is 23.1. The van der Waals surface area contributed by atoms with Crippen molar-refractivity contribution in [3.63, 3.8) is 0 Å². The van der Waals surface area contributed by atoms with Gasteiger partial charge in [0.1, 0.15) is 0 Å². The van der Waals surface area contributed by atoms with Crippen LogP contribution in [-0.4, -0.2) is 33.5 Å². The van der Waals surface area contributed by atoms with Crippen molar-refractivity contribution in [3.8, 4) is 0 Å². The number of nitrogens with two attached hydrogens (primary N) is 1. The third-order valence-corrected chi connectivity index (χ3v) is 4.19. The van der Waals surface area contributed by atoms with Crippen LogP contribution in [-0.2, 0) is 6.54 Å². The first-order valence-electron chi connectivity index (χ1n) is 8.58. The highest BCUT2D eigenvalue weighted by Gasteiger charge is 2.28. The van der Waals surface area contributed by atoms with E-state index >= 15 is 0 Å². The number of carbonyl (C=O) groups is 1. The number of rotatable bonds is 6. The number of fused-ring (bicyclic) bond motifs is 1. The minimum atomic E-state index is -0.590. The van der Waals surface area contributed by atoms with Gasteiger partial charge < -0.3 is 11.1 Å². The fourth-order valence-corrected chi connectivity index (χ4v) is 2.88. The molecule has 2 heterocycles. The van der Waals surface area contributed by atoms with Crippen LogP contribution < -0.4 is 22.3 Å². The largest absolute Gasteiger partial charge is 0.351 e. The Labute approximate surface area is 168 Å². The average Bonchev–Trinajstić information content (AvgIpc) is 3.40. The van der Waals surface area contributed by atoms with Gasteiger partial charge in [0, 0.05) is 31.2 Å². The van der Waals surface area contributed by atoms with Crippen LogP contribution in [0.4, 0.5) is 0 Å². The molecule has 0 spiro atoms. The van der Waals surface area contributed by atoms with Gasteiger partial charge in [-0.2, -0.15) is 0 Å². The van der Waals surface area contributed by atoms with Crippen molar-refractivity contribution >= 4 is 41.8 Å². The number of aromatic nitrogens is 3. The SMILES string of the molecule is CC(C)Cn1c(=O)[nH]c(=O)c2c(C(=O)NCCN)cc(C3CC3)nc21.Cl.Cl. The molecule has 8 nitrogen and oxygen atoms in total. The summed E-state index contributed by atoms with van der Waals surface area (Å²) in [7, 11) is 0. The minimum Gasteiger partial charge on any atom is -0.351 e. The van der Waals surface area contributed by atoms with E-state index in [1.165, 1.54) is 4.57 Å². The molecule has 1 aliphatic carbocycles. The van der Waals surface area contributed by atoms with Crippen LogP contribution in [0.25, 0.3) is 11.0 Å². The summed E-state index contributed by atoms with van der Waals surface area (Å²) in [6, 6.07) is 1.67. The third kappa shape index (κ3) is 4.88. The van der Waals surface area contributed by atoms with Gasteiger partial charge in [0.15, 0.2) is 5.65 Å². The molecular weight excluding hydrogens is 393 g/mol. The van der Waals surface area contributed by atoms with Crippen LogP contribution in [0, 0.1) is 5.92 Å². The number of carbonyl (C=O) groups excluding carboxylic acids is 1. The molecule has 0 unspecified atom stereocenters. The van der Waals surface area contributed by atoms with E-state index in [1.807, 2.05) is 13.8 Å². The fourth-order valence-electron chi connectivity index (χ4n) is 2.88. The van der Waals surface area contributed by atoms with Crippen molar-refractivity contribution in [2.45, 2.75) is 39.2 Å². The summed E-state index contributed by atoms with van der Waals surface area (Å²) in [6.45, 7) is 4.98. The van der Waals surface area contributed by atoms with E-state index in [0.29, 0.717) is 19.6 Å². The lowest BCUT2D eigenvalue weighted by molar-refractivity contribution is 0.0956. The first-order valence-corrected chi connectivity index (χ1v) is 8.58. The predicted molar refractivity (Wildman–Crippen MR) is 109 cm³/mol. The van der Waals surface area contributed by atoms with Crippen LogP contribution in [0.1, 0.15) is 48.7 Å². The maximum atomic E-state index is 12.5. The van der Waals surface area contributed by atoms with E-state index in [9.17, 15) is 14.4 Å². The molecule has 0 bridgehead atoms. The number of H-pyrrole nitrogens is 1. The number of pyridine rings is 1. The zero-order valence-corrected chi connectivity index (χ0v) is 16.9. The van der Waals surface area contributed by atoms with Gasteiger partial charge >= 0.3 is 5.69 Å². The number of nitrogens with one attached hydrogen (secondary N) is 2. The quantitative estimate of drug-likeness (QED) is 0.650. The zero-order chi connectivity index (χ0) is 18.1. The van der Waals surface area contributed by atoms with Crippen molar-refractivity contribution in [2.24, 2.45) is 11.7 Å². The maximum Gasteiger partial charge on any atom is 0.330 e. The van der Waals surface area contributed by atoms with Gasteiger partial charge in [0.05, 0.1) is 10.9 Å². The summed E-state index contributed by atoms with van der Waals surface area (Å²) in [6.07, 6.45) is 2.00. The van der Waals surface area contributed by atoms with E-state index in [0.717, 1.165) is 18.5 Å². The lowest BCUT2D eigenvalue weighted by Gasteiger charge is -2.14. The van der Waals surface area contributed by atoms with Gasteiger partial charge in [-0.3, -0.25) is 19.1 Å². The second kappa shape index (κ2) is 9.34. The Morgan fingerprint density at radius 3 is 2.59 bits per heavy atom. The summed E-state index contributed by atoms with van der Waals surface area (Å²) in [4.78, 5) is 44.1. The maximum absolute atomic E-state index is 12.5. The second-order valence-corrected chi connectivity index (χ2v) is 6.88. The minimum absolute atomic E-state index is 0. The molecule has 1 fully saturated rings. The number of hydrogen-bond donors (Lipinski definition) is 3. The van der Waals surface area contributed by atoms with E-state index in [1.54, 1.807) is 6.07 Å². The van der Waals surface area contributed by atoms with Gasteiger partial charge in [-0.15, -0.1) is 24.8 Å². The van der Waals surface area contributed by atoms with E-state index < -0.39 is 11.2 Å². The van der Waals surface area contributed by atoms with Crippen LogP contribution >= 0.6 is 24.8 Å². The van der Waals surface area contributed by atoms with Crippen molar-refractivity contribution in [1.29, 1.82) is 0 Å². The lowest BCUT2D eigenvalue weighted by atomic mass is 10.1. The molecule has 4 N–H and O–H groups in total. The Morgan fingerprint density at radius 1 is 1.37 bits per heavy atom. The number of hydrogen-bond acceptors (Lipinski definition) is 5. The Hall–Kier alpha value is -1.90. The van der Waals surface area contributed by atoms with Crippen molar-refractivity contribution < 1.29 is 4.79 Å². The Kier molecular flexibility index (Phi) is 8.01. The topological polar surface area (TPSA) is 123 Å². The van der Waals surface area contributed by atoms with Crippen molar-refractivity contribution in [2.75, 3.05) is 13.1 Å². The summed E-state index contributed by atoms with van der Waals surface area (Å²) < 4.78 is 1.45. The monoisotopic (exact) mass is 417 g/mol. The summed E-state index contributed by atoms with van der Waals surface area (Å²) in [5.41, 5.74) is 5.64. The highest BCUT2D eigenvalue weighted by Crippen LogP contribution is 2.39. The average molecular weight is 418 g/mol. The summed E-state index contributed by atoms with van der Waals surface area (Å²) in [5.74, 6) is 0.0973. The highest BCUT2D eigenvalue weighted by molar-refractivity contribution is 6.05. The molecule has 2 aromatic heterocycles. The molecule has 1 saturated carbocycles. The van der Waals surface area contributed by atoms with Crippen LogP contribution in [0.3, 0.4) is 0 Å². The molecular formula is C17H25Cl2N5O3. The van der Waals surface area contributed by atoms with Crippen LogP contribution in [0.2, 0.25) is 0 Å². The molecule has 1 amide bonds. The van der Waals surface area contributed by atoms with Crippen LogP contribution in [0.15, 0.2) is 15.7 Å². The molecule has 0 aromatic carbocycles. The van der Waals surface area contributed by atoms with Crippen molar-refractivity contribution in [1.82, 2.24) is 19.9 Å². The molecule has 27 heavy (non-hydrogen) atoms. The highest BCUT2D eigenvalue weighted by atomic mass is 35.5. The van der Waals surface area contributed by atoms with Gasteiger partial charge in [-0.25, -0.2) is 9.78 Å². The van der Waals surface area contributed by atoms with E-state index in [4.69, 9.17) is 5.73 Å². The molecule has 0 saturated heterocycles. The Morgan fingerprint density at radius 2 is 2.04 bits per heavy atom. The number of nitrogens with zero attached hydrogens (tertiary/aromatic N) is 2. The molecule has 0 aliphatic heterocycles. The number of halogens is 2. The van der Waals surface area contributed by atoms with Crippen molar-refractivity contribution in [3.05, 3.63) is 38.2 Å². The molecule has 0 atom stereocenters. The zero-order valence-electron chi connectivity index (χ0n) is 15.3. The molecule has 10 heteroatoms. The smallest absolute Gasteiger partial charge is 0.330 e. The van der Waals surface area contributed by atoms with Gasteiger partial charge in [0.2, 0.25) is 0 Å². The first-order chi connectivity index (χ1) is 11.9.